The zero-order chi connectivity index (χ0) is 59.1. The van der Waals surface area contributed by atoms with Crippen molar-refractivity contribution in [3.63, 3.8) is 0 Å². The Morgan fingerprint density at radius 3 is 1.94 bits per heavy atom. The molecule has 0 fully saturated rings. The highest BCUT2D eigenvalue weighted by molar-refractivity contribution is 6.30. The zero-order valence-corrected chi connectivity index (χ0v) is 50.6. The number of nitrogens with zero attached hydrogens (tertiary/aromatic N) is 7. The third-order valence-electron chi connectivity index (χ3n) is 15.6. The van der Waals surface area contributed by atoms with E-state index in [-0.39, 0.29) is 12.5 Å². The number of nitriles is 1. The molecule has 0 saturated carbocycles. The van der Waals surface area contributed by atoms with E-state index in [0.717, 1.165) is 123 Å². The molecular weight excluding hydrogens is 1060 g/mol. The molecule has 436 valence electrons. The molecule has 0 amide bonds. The number of tetrazole rings is 1. The molecule has 14 nitrogen and oxygen atoms in total. The van der Waals surface area contributed by atoms with Crippen LogP contribution in [0.15, 0.2) is 140 Å². The number of aliphatic hydroxyl groups excluding tert-OH is 1. The average molecular weight is 1140 g/mol. The van der Waals surface area contributed by atoms with Crippen LogP contribution in [0, 0.1) is 17.2 Å². The lowest BCUT2D eigenvalue weighted by Crippen LogP contribution is -2.32. The van der Waals surface area contributed by atoms with Crippen molar-refractivity contribution in [2.45, 2.75) is 97.1 Å². The Balaban J connectivity index is 0.000000184. The van der Waals surface area contributed by atoms with Crippen molar-refractivity contribution < 1.29 is 24.1 Å². The normalized spacial score (nSPS) is 12.4. The minimum atomic E-state index is -0.580. The van der Waals surface area contributed by atoms with E-state index in [1.165, 1.54) is 33.4 Å². The summed E-state index contributed by atoms with van der Waals surface area (Å²) < 4.78 is 23.6. The van der Waals surface area contributed by atoms with Gasteiger partial charge in [-0.15, -0.1) is 5.10 Å². The number of aryl methyl sites for hydroxylation is 3. The summed E-state index contributed by atoms with van der Waals surface area (Å²) in [4.78, 5) is 6.78. The minimum absolute atomic E-state index is 0.130. The molecule has 83 heavy (non-hydrogen) atoms. The van der Waals surface area contributed by atoms with Gasteiger partial charge in [0, 0.05) is 25.1 Å². The van der Waals surface area contributed by atoms with Crippen LogP contribution in [0.4, 0.5) is 0 Å². The standard InChI is InChI=1S/C27H38N2O4.C22H23ClN6O.C19H21N/c1-20(2)27(19-28,22-10-12-24(31-5)26(18-22)33-7)14-8-15-29(3)16-13-21-9-11-23(30-4)25(17-21)32-6;1-2-3-8-20-24-21(23)19(14-30)29(20)13-15-9-11-16(12-10-15)17-6-4-5-7-18(17)22-25-27-28-26-22;1-20-14-6-11-19-17-9-4-2-7-15(17)12-13-16-8-3-5-10-18(16)19/h9-12,17-18,20H,8,13-16H2,1-7H3;4-7,9-12,30H,2-3,8,13-14H2,1H3,(H,25,26,27,28);2-5,7-11,20H,6,12-14H2,1H3. The fourth-order valence-electron chi connectivity index (χ4n) is 10.8. The smallest absolute Gasteiger partial charge is 0.180 e. The summed E-state index contributed by atoms with van der Waals surface area (Å²) in [6.45, 7) is 9.71. The van der Waals surface area contributed by atoms with Gasteiger partial charge in [-0.25, -0.2) is 10.1 Å². The lowest BCUT2D eigenvalue weighted by Gasteiger charge is -2.32. The van der Waals surface area contributed by atoms with Crippen LogP contribution in [0.1, 0.15) is 103 Å². The van der Waals surface area contributed by atoms with Crippen LogP contribution < -0.4 is 24.3 Å². The second-order valence-electron chi connectivity index (χ2n) is 21.1. The topological polar surface area (TPSA) is 168 Å². The molecular formula is C68H82ClN9O5. The number of aromatic nitrogens is 6. The first-order valence-electron chi connectivity index (χ1n) is 28.8. The molecule has 8 aromatic rings. The van der Waals surface area contributed by atoms with Crippen LogP contribution in [-0.2, 0) is 44.2 Å². The van der Waals surface area contributed by atoms with E-state index < -0.39 is 5.41 Å². The Morgan fingerprint density at radius 2 is 1.36 bits per heavy atom. The van der Waals surface area contributed by atoms with Gasteiger partial charge in [0.25, 0.3) is 0 Å². The molecule has 0 radical (unpaired) electrons. The van der Waals surface area contributed by atoms with Crippen LogP contribution in [0.25, 0.3) is 28.1 Å². The molecule has 15 heteroatoms. The average Bonchev–Trinajstić information content (AvgIpc) is 4.36. The van der Waals surface area contributed by atoms with Gasteiger partial charge < -0.3 is 38.8 Å². The molecule has 1 atom stereocenters. The summed E-state index contributed by atoms with van der Waals surface area (Å²) in [5.74, 6) is 4.54. The van der Waals surface area contributed by atoms with Crippen molar-refractivity contribution in [3.8, 4) is 51.6 Å². The third kappa shape index (κ3) is 16.1. The number of aromatic amines is 1. The Morgan fingerprint density at radius 1 is 0.759 bits per heavy atom. The number of aliphatic hydroxyl groups is 1. The highest BCUT2D eigenvalue weighted by atomic mass is 35.5. The molecule has 2 heterocycles. The van der Waals surface area contributed by atoms with Crippen molar-refractivity contribution in [2.24, 2.45) is 5.92 Å². The summed E-state index contributed by atoms with van der Waals surface area (Å²) in [6.07, 6.45) is 11.3. The van der Waals surface area contributed by atoms with Crippen LogP contribution in [-0.4, -0.2) is 102 Å². The van der Waals surface area contributed by atoms with Crippen molar-refractivity contribution in [1.82, 2.24) is 40.4 Å². The highest BCUT2D eigenvalue weighted by Crippen LogP contribution is 2.41. The van der Waals surface area contributed by atoms with Gasteiger partial charge in [-0.05, 0) is 168 Å². The minimum Gasteiger partial charge on any atom is -0.493 e. The molecule has 0 spiro atoms. The second kappa shape index (κ2) is 31.6. The predicted molar refractivity (Wildman–Crippen MR) is 333 cm³/mol. The molecule has 0 aliphatic heterocycles. The van der Waals surface area contributed by atoms with Crippen molar-refractivity contribution in [2.75, 3.05) is 62.2 Å². The summed E-state index contributed by atoms with van der Waals surface area (Å²) >= 11 is 6.26. The zero-order valence-electron chi connectivity index (χ0n) is 49.8. The van der Waals surface area contributed by atoms with Crippen LogP contribution in [0.5, 0.6) is 23.0 Å². The number of nitrogens with one attached hydrogen (secondary N) is 2. The first-order valence-corrected chi connectivity index (χ1v) is 29.1. The van der Waals surface area contributed by atoms with Gasteiger partial charge in [0.2, 0.25) is 0 Å². The number of methoxy groups -OCH3 is 4. The fourth-order valence-corrected chi connectivity index (χ4v) is 11.0. The van der Waals surface area contributed by atoms with Gasteiger partial charge in [-0.3, -0.25) is 0 Å². The summed E-state index contributed by atoms with van der Waals surface area (Å²) in [5.41, 5.74) is 13.6. The number of benzene rings is 6. The Bertz CT molecular complexity index is 3320. The fraction of sp³-hybridized carbons (Fsp3) is 0.368. The van der Waals surface area contributed by atoms with Gasteiger partial charge in [0.15, 0.2) is 34.0 Å². The maximum atomic E-state index is 10.2. The lowest BCUT2D eigenvalue weighted by molar-refractivity contribution is 0.271. The quantitative estimate of drug-likeness (QED) is 0.0491. The molecule has 0 bridgehead atoms. The number of likely N-dealkylation sites (N-methyl/N-ethyl adjacent to an activating group) is 1. The van der Waals surface area contributed by atoms with Crippen molar-refractivity contribution in [3.05, 3.63) is 195 Å². The second-order valence-corrected chi connectivity index (χ2v) is 21.4. The van der Waals surface area contributed by atoms with Crippen LogP contribution >= 0.6 is 11.6 Å². The van der Waals surface area contributed by atoms with Gasteiger partial charge in [0.05, 0.1) is 52.2 Å². The van der Waals surface area contributed by atoms with Gasteiger partial charge in [0.1, 0.15) is 5.82 Å². The SMILES string of the molecule is CCCCc1nc(Cl)c(CO)n1Cc1ccc(-c2ccccc2-c2nnn[nH]2)cc1.CNCCC=C1c2ccccc2CCc2ccccc21.COc1ccc(CCN(C)CCCC(C#N)(c2ccc(OC)c(OC)c2)C(C)C)cc1OC. The van der Waals surface area contributed by atoms with E-state index in [9.17, 15) is 10.4 Å². The number of halogens is 1. The van der Waals surface area contributed by atoms with E-state index in [2.05, 4.69) is 161 Å². The van der Waals surface area contributed by atoms with Gasteiger partial charge in [-0.1, -0.05) is 154 Å². The number of hydrogen-bond donors (Lipinski definition) is 3. The first-order chi connectivity index (χ1) is 40.4. The maximum Gasteiger partial charge on any atom is 0.180 e. The van der Waals surface area contributed by atoms with E-state index in [4.69, 9.17) is 30.5 Å². The monoisotopic (exact) mass is 1140 g/mol. The number of H-pyrrole nitrogens is 1. The highest BCUT2D eigenvalue weighted by Gasteiger charge is 2.36. The van der Waals surface area contributed by atoms with Crippen LogP contribution in [0.3, 0.4) is 0 Å². The van der Waals surface area contributed by atoms with E-state index in [1.807, 2.05) is 60.1 Å². The van der Waals surface area contributed by atoms with E-state index in [0.29, 0.717) is 34.7 Å². The van der Waals surface area contributed by atoms with Crippen molar-refractivity contribution in [1.29, 1.82) is 5.26 Å². The number of fused-ring (bicyclic) bond motifs is 2. The summed E-state index contributed by atoms with van der Waals surface area (Å²) in [5, 5.41) is 37.8. The molecule has 1 unspecified atom stereocenters. The van der Waals surface area contributed by atoms with E-state index >= 15 is 0 Å². The number of rotatable bonds is 24. The molecule has 1 aliphatic rings. The molecule has 0 saturated heterocycles. The molecule has 2 aromatic heterocycles. The first kappa shape index (κ1) is 62.8. The number of ether oxygens (including phenoxy) is 4. The summed E-state index contributed by atoms with van der Waals surface area (Å²) in [7, 11) is 10.7. The Labute approximate surface area is 496 Å². The Kier molecular flexibility index (Phi) is 23.9. The number of unbranched alkanes of at least 4 members (excludes halogenated alkanes) is 1. The molecule has 1 aliphatic carbocycles. The maximum absolute atomic E-state index is 10.2. The molecule has 3 N–H and O–H groups in total. The molecule has 6 aromatic carbocycles. The Hall–Kier alpha value is -7.80. The van der Waals surface area contributed by atoms with Crippen molar-refractivity contribution >= 4 is 17.2 Å². The largest absolute Gasteiger partial charge is 0.493 e. The van der Waals surface area contributed by atoms with Gasteiger partial charge in [-0.2, -0.15) is 5.26 Å². The number of imidazole rings is 1. The van der Waals surface area contributed by atoms with Crippen LogP contribution in [0.2, 0.25) is 5.15 Å². The summed E-state index contributed by atoms with van der Waals surface area (Å²) in [6, 6.07) is 48.5. The molecule has 9 rings (SSSR count). The lowest BCUT2D eigenvalue weighted by atomic mass is 9.69. The van der Waals surface area contributed by atoms with Gasteiger partial charge >= 0.3 is 0 Å². The predicted octanol–water partition coefficient (Wildman–Crippen LogP) is 13.2. The van der Waals surface area contributed by atoms with E-state index in [1.54, 1.807) is 28.4 Å². The number of hydrogen-bond acceptors (Lipinski definition) is 12. The third-order valence-corrected chi connectivity index (χ3v) is 15.9.